The molecule has 5 heteroatoms. The summed E-state index contributed by atoms with van der Waals surface area (Å²) in [4.78, 5) is 19.2. The van der Waals surface area contributed by atoms with Crippen LogP contribution in [0.15, 0.2) is 60.8 Å². The molecule has 1 aliphatic rings. The number of aliphatic hydroxyl groups is 1. The molecule has 28 heavy (non-hydrogen) atoms. The van der Waals surface area contributed by atoms with Gasteiger partial charge in [0.05, 0.1) is 17.6 Å². The van der Waals surface area contributed by atoms with Gasteiger partial charge in [-0.15, -0.1) is 0 Å². The quantitative estimate of drug-likeness (QED) is 0.756. The smallest absolute Gasteiger partial charge is 0.256 e. The Morgan fingerprint density at radius 3 is 2.79 bits per heavy atom. The van der Waals surface area contributed by atoms with Crippen molar-refractivity contribution in [3.8, 4) is 5.75 Å². The molecule has 1 aliphatic heterocycles. The van der Waals surface area contributed by atoms with Crippen LogP contribution in [0.4, 0.5) is 0 Å². The predicted molar refractivity (Wildman–Crippen MR) is 109 cm³/mol. The van der Waals surface area contributed by atoms with Crippen molar-refractivity contribution in [3.63, 3.8) is 0 Å². The lowest BCUT2D eigenvalue weighted by Gasteiger charge is -2.39. The standard InChI is InChI=1S/C23H24N2O3/c1-17-8-10-19(11-9-17)28-16-23(27)12-4-14-25(15-23)22(26)20-7-2-5-18-6-3-13-24-21(18)20/h2-3,5-11,13,27H,4,12,14-16H2,1H3. The van der Waals surface area contributed by atoms with Crippen LogP contribution in [0.5, 0.6) is 5.75 Å². The molecule has 3 aromatic rings. The lowest BCUT2D eigenvalue weighted by atomic mass is 9.93. The molecule has 0 spiro atoms. The van der Waals surface area contributed by atoms with Crippen LogP contribution < -0.4 is 4.74 Å². The molecule has 2 aromatic carbocycles. The molecular weight excluding hydrogens is 352 g/mol. The zero-order valence-electron chi connectivity index (χ0n) is 16.0. The fourth-order valence-electron chi connectivity index (χ4n) is 3.70. The van der Waals surface area contributed by atoms with Gasteiger partial charge in [0.2, 0.25) is 0 Å². The summed E-state index contributed by atoms with van der Waals surface area (Å²) in [6.45, 7) is 3.05. The van der Waals surface area contributed by atoms with Crippen LogP contribution >= 0.6 is 0 Å². The van der Waals surface area contributed by atoms with Crippen LogP contribution in [0.2, 0.25) is 0 Å². The number of carbonyl (C=O) groups excluding carboxylic acids is 1. The minimum Gasteiger partial charge on any atom is -0.491 e. The van der Waals surface area contributed by atoms with E-state index >= 15 is 0 Å². The summed E-state index contributed by atoms with van der Waals surface area (Å²) in [7, 11) is 0. The fraction of sp³-hybridized carbons (Fsp3) is 0.304. The second-order valence-electron chi connectivity index (χ2n) is 7.54. The van der Waals surface area contributed by atoms with Crippen molar-refractivity contribution in [2.45, 2.75) is 25.4 Å². The Labute approximate surface area is 164 Å². The lowest BCUT2D eigenvalue weighted by molar-refractivity contribution is -0.0531. The predicted octanol–water partition coefficient (Wildman–Crippen LogP) is 3.59. The number of piperidine rings is 1. The SMILES string of the molecule is Cc1ccc(OCC2(O)CCCN(C(=O)c3cccc4cccnc34)C2)cc1. The number of ether oxygens (including phenoxy) is 1. The summed E-state index contributed by atoms with van der Waals surface area (Å²) in [6.07, 6.45) is 3.04. The number of carbonyl (C=O) groups is 1. The molecule has 1 fully saturated rings. The number of rotatable bonds is 4. The first-order valence-corrected chi connectivity index (χ1v) is 9.59. The van der Waals surface area contributed by atoms with Crippen molar-refractivity contribution in [1.29, 1.82) is 0 Å². The second kappa shape index (κ2) is 7.60. The lowest BCUT2D eigenvalue weighted by Crippen LogP contribution is -2.53. The highest BCUT2D eigenvalue weighted by Crippen LogP contribution is 2.26. The number of aromatic nitrogens is 1. The monoisotopic (exact) mass is 376 g/mol. The number of β-amino-alcohol motifs (C(OH)–C–C–N with tert-alkyl or cyclic N) is 1. The highest BCUT2D eigenvalue weighted by atomic mass is 16.5. The van der Waals surface area contributed by atoms with Gasteiger partial charge in [-0.1, -0.05) is 35.9 Å². The molecule has 1 unspecified atom stereocenters. The normalized spacial score (nSPS) is 19.6. The Hall–Kier alpha value is -2.92. The number of fused-ring (bicyclic) bond motifs is 1. The molecule has 1 N–H and O–H groups in total. The van der Waals surface area contributed by atoms with Crippen LogP contribution in [-0.2, 0) is 0 Å². The summed E-state index contributed by atoms with van der Waals surface area (Å²) in [6, 6.07) is 17.2. The Morgan fingerprint density at radius 1 is 1.18 bits per heavy atom. The van der Waals surface area contributed by atoms with Gasteiger partial charge in [-0.05, 0) is 44.0 Å². The topological polar surface area (TPSA) is 62.7 Å². The third-order valence-electron chi connectivity index (χ3n) is 5.23. The minimum atomic E-state index is -1.06. The van der Waals surface area contributed by atoms with Gasteiger partial charge in [0.1, 0.15) is 18.0 Å². The van der Waals surface area contributed by atoms with Gasteiger partial charge >= 0.3 is 0 Å². The van der Waals surface area contributed by atoms with Crippen molar-refractivity contribution in [3.05, 3.63) is 71.9 Å². The van der Waals surface area contributed by atoms with Crippen LogP contribution in [0, 0.1) is 6.92 Å². The molecule has 1 atom stereocenters. The largest absolute Gasteiger partial charge is 0.491 e. The maximum atomic E-state index is 13.1. The van der Waals surface area contributed by atoms with Crippen LogP contribution in [0.25, 0.3) is 10.9 Å². The number of likely N-dealkylation sites (tertiary alicyclic amines) is 1. The van der Waals surface area contributed by atoms with Crippen molar-refractivity contribution in [1.82, 2.24) is 9.88 Å². The van der Waals surface area contributed by atoms with E-state index in [0.717, 1.165) is 23.1 Å². The molecule has 0 saturated carbocycles. The summed E-state index contributed by atoms with van der Waals surface area (Å²) in [5.41, 5.74) is 1.36. The number of pyridine rings is 1. The first-order valence-electron chi connectivity index (χ1n) is 9.59. The number of aryl methyl sites for hydroxylation is 1. The summed E-state index contributed by atoms with van der Waals surface area (Å²) < 4.78 is 5.81. The van der Waals surface area contributed by atoms with Gasteiger partial charge < -0.3 is 14.7 Å². The van der Waals surface area contributed by atoms with Crippen molar-refractivity contribution >= 4 is 16.8 Å². The van der Waals surface area contributed by atoms with E-state index in [2.05, 4.69) is 4.98 Å². The van der Waals surface area contributed by atoms with Crippen molar-refractivity contribution < 1.29 is 14.6 Å². The Bertz CT molecular complexity index is 981. The summed E-state index contributed by atoms with van der Waals surface area (Å²) in [5, 5.41) is 12.0. The van der Waals surface area contributed by atoms with Crippen LogP contribution in [-0.4, -0.2) is 46.2 Å². The molecule has 2 heterocycles. The third kappa shape index (κ3) is 3.85. The van der Waals surface area contributed by atoms with E-state index in [9.17, 15) is 9.90 Å². The van der Waals surface area contributed by atoms with Crippen molar-refractivity contribution in [2.75, 3.05) is 19.7 Å². The highest BCUT2D eigenvalue weighted by molar-refractivity contribution is 6.05. The van der Waals surface area contributed by atoms with Gasteiger partial charge in [0.25, 0.3) is 5.91 Å². The highest BCUT2D eigenvalue weighted by Gasteiger charge is 2.36. The number of para-hydroxylation sites is 1. The maximum absolute atomic E-state index is 13.1. The van der Waals surface area contributed by atoms with Crippen molar-refractivity contribution in [2.24, 2.45) is 0 Å². The number of benzene rings is 2. The molecular formula is C23H24N2O3. The molecule has 1 saturated heterocycles. The van der Waals surface area contributed by atoms with Gasteiger partial charge in [-0.25, -0.2) is 0 Å². The van der Waals surface area contributed by atoms with Crippen LogP contribution in [0.3, 0.4) is 0 Å². The Morgan fingerprint density at radius 2 is 1.96 bits per heavy atom. The van der Waals surface area contributed by atoms with Gasteiger partial charge in [-0.2, -0.15) is 0 Å². The Kier molecular flexibility index (Phi) is 5.01. The van der Waals surface area contributed by atoms with E-state index in [0.29, 0.717) is 24.0 Å². The zero-order chi connectivity index (χ0) is 19.6. The average molecular weight is 376 g/mol. The molecule has 0 aliphatic carbocycles. The molecule has 144 valence electrons. The van der Waals surface area contributed by atoms with E-state index in [1.807, 2.05) is 55.5 Å². The summed E-state index contributed by atoms with van der Waals surface area (Å²) in [5.74, 6) is 0.624. The van der Waals surface area contributed by atoms with Gasteiger partial charge in [0, 0.05) is 18.1 Å². The molecule has 0 radical (unpaired) electrons. The Balaban J connectivity index is 1.49. The fourth-order valence-corrected chi connectivity index (χ4v) is 3.70. The number of amides is 1. The van der Waals surface area contributed by atoms with E-state index in [1.54, 1.807) is 17.2 Å². The third-order valence-corrected chi connectivity index (χ3v) is 5.23. The second-order valence-corrected chi connectivity index (χ2v) is 7.54. The van der Waals surface area contributed by atoms with Crippen LogP contribution in [0.1, 0.15) is 28.8 Å². The maximum Gasteiger partial charge on any atom is 0.256 e. The minimum absolute atomic E-state index is 0.0993. The zero-order valence-corrected chi connectivity index (χ0v) is 16.0. The van der Waals surface area contributed by atoms with E-state index in [1.165, 1.54) is 0 Å². The van der Waals surface area contributed by atoms with Gasteiger partial charge in [-0.3, -0.25) is 9.78 Å². The first kappa shape index (κ1) is 18.4. The van der Waals surface area contributed by atoms with Gasteiger partial charge in [0.15, 0.2) is 0 Å². The molecule has 5 nitrogen and oxygen atoms in total. The first-order chi connectivity index (χ1) is 13.5. The molecule has 1 amide bonds. The summed E-state index contributed by atoms with van der Waals surface area (Å²) >= 11 is 0. The molecule has 1 aromatic heterocycles. The number of hydrogen-bond donors (Lipinski definition) is 1. The number of nitrogens with zero attached hydrogens (tertiary/aromatic N) is 2. The molecule has 4 rings (SSSR count). The van der Waals surface area contributed by atoms with E-state index in [-0.39, 0.29) is 19.1 Å². The molecule has 0 bridgehead atoms. The van der Waals surface area contributed by atoms with E-state index in [4.69, 9.17) is 4.74 Å². The van der Waals surface area contributed by atoms with E-state index < -0.39 is 5.60 Å². The average Bonchev–Trinajstić information content (AvgIpc) is 2.72. The number of hydrogen-bond acceptors (Lipinski definition) is 4.